The second-order valence-corrected chi connectivity index (χ2v) is 6.05. The van der Waals surface area contributed by atoms with Gasteiger partial charge in [0.05, 0.1) is 12.2 Å². The monoisotopic (exact) mass is 344 g/mol. The fourth-order valence-corrected chi connectivity index (χ4v) is 3.13. The summed E-state index contributed by atoms with van der Waals surface area (Å²) in [5.41, 5.74) is 6.07. The smallest absolute Gasteiger partial charge is 0.276 e. The largest absolute Gasteiger partial charge is 0.368 e. The molecule has 0 aliphatic carbocycles. The van der Waals surface area contributed by atoms with E-state index in [1.54, 1.807) is 17.3 Å². The second-order valence-electron chi connectivity index (χ2n) is 6.05. The van der Waals surface area contributed by atoms with Crippen LogP contribution in [-0.4, -0.2) is 61.9 Å². The van der Waals surface area contributed by atoms with E-state index in [2.05, 4.69) is 25.2 Å². The predicted molar refractivity (Wildman–Crippen MR) is 94.2 cm³/mol. The van der Waals surface area contributed by atoms with Crippen molar-refractivity contribution in [3.63, 3.8) is 0 Å². The Balaban J connectivity index is 1.63. The van der Waals surface area contributed by atoms with Crippen LogP contribution in [0, 0.1) is 0 Å². The van der Waals surface area contributed by atoms with Crippen molar-refractivity contribution in [3.05, 3.63) is 24.2 Å². The molecule has 1 amide bonds. The van der Waals surface area contributed by atoms with Gasteiger partial charge in [0.25, 0.3) is 5.91 Å². The topological polar surface area (TPSA) is 106 Å². The highest BCUT2D eigenvalue weighted by Crippen LogP contribution is 2.25. The van der Waals surface area contributed by atoms with Gasteiger partial charge in [-0.25, -0.2) is 9.67 Å². The zero-order chi connectivity index (χ0) is 17.8. The first kappa shape index (κ1) is 17.1. The third-order valence-corrected chi connectivity index (χ3v) is 4.60. The Morgan fingerprint density at radius 2 is 2.04 bits per heavy atom. The number of hydrogen-bond donors (Lipinski definition) is 1. The average molecular weight is 344 g/mol. The lowest BCUT2D eigenvalue weighted by molar-refractivity contribution is 0.0767. The first-order chi connectivity index (χ1) is 12.1. The Kier molecular flexibility index (Phi) is 5.11. The molecule has 9 heteroatoms. The lowest BCUT2D eigenvalue weighted by Gasteiger charge is -2.32. The normalized spacial score (nSPS) is 15.4. The summed E-state index contributed by atoms with van der Waals surface area (Å²) in [4.78, 5) is 24.5. The molecule has 134 valence electrons. The van der Waals surface area contributed by atoms with Gasteiger partial charge in [-0.1, -0.05) is 5.21 Å². The van der Waals surface area contributed by atoms with Crippen molar-refractivity contribution in [3.8, 4) is 0 Å². The molecule has 0 atom stereocenters. The van der Waals surface area contributed by atoms with Crippen LogP contribution < -0.4 is 10.6 Å². The quantitative estimate of drug-likeness (QED) is 0.861. The predicted octanol–water partition coefficient (Wildman–Crippen LogP) is 0.974. The molecule has 0 bridgehead atoms. The second kappa shape index (κ2) is 7.45. The molecule has 1 saturated heterocycles. The van der Waals surface area contributed by atoms with Crippen LogP contribution in [0.5, 0.6) is 0 Å². The number of amides is 1. The van der Waals surface area contributed by atoms with Gasteiger partial charge in [0.1, 0.15) is 5.82 Å². The maximum atomic E-state index is 12.3. The lowest BCUT2D eigenvalue weighted by Crippen LogP contribution is -2.35. The number of hydrogen-bond acceptors (Lipinski definition) is 7. The summed E-state index contributed by atoms with van der Waals surface area (Å²) in [5, 5.41) is 8.25. The molecule has 0 unspecified atom stereocenters. The molecule has 0 radical (unpaired) electrons. The average Bonchev–Trinajstić information content (AvgIpc) is 3.13. The minimum Gasteiger partial charge on any atom is -0.368 e. The van der Waals surface area contributed by atoms with Gasteiger partial charge >= 0.3 is 0 Å². The highest BCUT2D eigenvalue weighted by atomic mass is 16.2. The van der Waals surface area contributed by atoms with Crippen LogP contribution in [0.3, 0.4) is 0 Å². The molecule has 9 nitrogen and oxygen atoms in total. The number of carbonyl (C=O) groups is 1. The zero-order valence-corrected chi connectivity index (χ0v) is 14.7. The molecule has 1 fully saturated rings. The Bertz CT molecular complexity index is 718. The molecule has 3 rings (SSSR count). The van der Waals surface area contributed by atoms with Gasteiger partial charge in [0.2, 0.25) is 5.95 Å². The van der Waals surface area contributed by atoms with Crippen LogP contribution in [0.2, 0.25) is 0 Å². The standard InChI is InChI=1S/C16H24N8O/c1-3-22(4-2)15(25)13-11-24(21-20-13)12-6-9-23(10-7-12)14-5-8-18-16(17)19-14/h5,8,11-12H,3-4,6-7,9-10H2,1-2H3,(H2,17,18,19). The summed E-state index contributed by atoms with van der Waals surface area (Å²) in [6, 6.07) is 2.11. The summed E-state index contributed by atoms with van der Waals surface area (Å²) >= 11 is 0. The molecule has 25 heavy (non-hydrogen) atoms. The fourth-order valence-electron chi connectivity index (χ4n) is 3.13. The number of nitrogen functional groups attached to an aromatic ring is 1. The summed E-state index contributed by atoms with van der Waals surface area (Å²) < 4.78 is 1.82. The zero-order valence-electron chi connectivity index (χ0n) is 14.7. The van der Waals surface area contributed by atoms with E-state index in [1.807, 2.05) is 24.6 Å². The summed E-state index contributed by atoms with van der Waals surface area (Å²) in [7, 11) is 0. The number of anilines is 2. The minimum absolute atomic E-state index is 0.0647. The Hall–Kier alpha value is -2.71. The molecule has 1 aliphatic rings. The van der Waals surface area contributed by atoms with Crippen LogP contribution >= 0.6 is 0 Å². The van der Waals surface area contributed by atoms with Crippen LogP contribution in [0.4, 0.5) is 11.8 Å². The molecule has 2 N–H and O–H groups in total. The van der Waals surface area contributed by atoms with E-state index < -0.39 is 0 Å². The van der Waals surface area contributed by atoms with Crippen LogP contribution in [-0.2, 0) is 0 Å². The van der Waals surface area contributed by atoms with E-state index in [-0.39, 0.29) is 17.9 Å². The van der Waals surface area contributed by atoms with E-state index in [1.165, 1.54) is 0 Å². The van der Waals surface area contributed by atoms with Gasteiger partial charge in [-0.3, -0.25) is 4.79 Å². The number of nitrogens with two attached hydrogens (primary N) is 1. The number of carbonyl (C=O) groups excluding carboxylic acids is 1. The third-order valence-electron chi connectivity index (χ3n) is 4.60. The molecule has 2 aromatic rings. The van der Waals surface area contributed by atoms with Crippen molar-refractivity contribution in [2.75, 3.05) is 36.8 Å². The summed E-state index contributed by atoms with van der Waals surface area (Å²) in [6.45, 7) is 6.95. The highest BCUT2D eigenvalue weighted by Gasteiger charge is 2.24. The SMILES string of the molecule is CCN(CC)C(=O)c1cn(C2CCN(c3ccnc(N)n3)CC2)nn1. The van der Waals surface area contributed by atoms with Gasteiger partial charge in [0, 0.05) is 32.4 Å². The van der Waals surface area contributed by atoms with Crippen molar-refractivity contribution >= 4 is 17.7 Å². The number of piperidine rings is 1. The molecule has 2 aromatic heterocycles. The summed E-state index contributed by atoms with van der Waals surface area (Å²) in [5.74, 6) is 1.07. The van der Waals surface area contributed by atoms with Gasteiger partial charge in [-0.2, -0.15) is 4.98 Å². The van der Waals surface area contributed by atoms with Crippen molar-refractivity contribution in [2.24, 2.45) is 0 Å². The molecule has 3 heterocycles. The van der Waals surface area contributed by atoms with E-state index in [9.17, 15) is 4.79 Å². The van der Waals surface area contributed by atoms with Crippen molar-refractivity contribution in [1.82, 2.24) is 29.9 Å². The van der Waals surface area contributed by atoms with Gasteiger partial charge < -0.3 is 15.5 Å². The molecule has 0 aromatic carbocycles. The molecule has 0 saturated carbocycles. The first-order valence-corrected chi connectivity index (χ1v) is 8.67. The Labute approximate surface area is 146 Å². The van der Waals surface area contributed by atoms with E-state index in [0.29, 0.717) is 18.8 Å². The molecule has 1 aliphatic heterocycles. The van der Waals surface area contributed by atoms with Crippen molar-refractivity contribution < 1.29 is 4.79 Å². The maximum absolute atomic E-state index is 12.3. The number of nitrogens with zero attached hydrogens (tertiary/aromatic N) is 7. The van der Waals surface area contributed by atoms with E-state index in [4.69, 9.17) is 5.73 Å². The van der Waals surface area contributed by atoms with Crippen LogP contribution in [0.25, 0.3) is 0 Å². The summed E-state index contributed by atoms with van der Waals surface area (Å²) in [6.07, 6.45) is 5.26. The molecule has 0 spiro atoms. The van der Waals surface area contributed by atoms with Gasteiger partial charge in [-0.15, -0.1) is 5.10 Å². The number of aromatic nitrogens is 5. The third kappa shape index (κ3) is 3.70. The fraction of sp³-hybridized carbons (Fsp3) is 0.562. The van der Waals surface area contributed by atoms with Crippen LogP contribution in [0.1, 0.15) is 43.2 Å². The number of rotatable bonds is 5. The van der Waals surface area contributed by atoms with E-state index in [0.717, 1.165) is 31.7 Å². The highest BCUT2D eigenvalue weighted by molar-refractivity contribution is 5.91. The first-order valence-electron chi connectivity index (χ1n) is 8.67. The van der Waals surface area contributed by atoms with Crippen molar-refractivity contribution in [2.45, 2.75) is 32.7 Å². The van der Waals surface area contributed by atoms with E-state index >= 15 is 0 Å². The molecular weight excluding hydrogens is 320 g/mol. The van der Waals surface area contributed by atoms with Crippen LogP contribution in [0.15, 0.2) is 18.5 Å². The van der Waals surface area contributed by atoms with Gasteiger partial charge in [-0.05, 0) is 32.8 Å². The van der Waals surface area contributed by atoms with Gasteiger partial charge in [0.15, 0.2) is 5.69 Å². The maximum Gasteiger partial charge on any atom is 0.276 e. The molecular formula is C16H24N8O. The Morgan fingerprint density at radius 3 is 2.68 bits per heavy atom. The Morgan fingerprint density at radius 1 is 1.32 bits per heavy atom. The minimum atomic E-state index is -0.0647. The lowest BCUT2D eigenvalue weighted by atomic mass is 10.1. The van der Waals surface area contributed by atoms with Crippen molar-refractivity contribution in [1.29, 1.82) is 0 Å².